The number of hydrogen-bond acceptors (Lipinski definition) is 4. The molecule has 140 valence electrons. The first-order valence-electron chi connectivity index (χ1n) is 8.86. The van der Waals surface area contributed by atoms with Gasteiger partial charge in [0.05, 0.1) is 23.6 Å². The molecule has 5 heteroatoms. The molecule has 2 aromatic carbocycles. The minimum atomic E-state index is -0.237. The number of nitrogens with zero attached hydrogens (tertiary/aromatic N) is 1. The predicted molar refractivity (Wildman–Crippen MR) is 109 cm³/mol. The van der Waals surface area contributed by atoms with Gasteiger partial charge in [-0.05, 0) is 30.5 Å². The lowest BCUT2D eigenvalue weighted by Gasteiger charge is -2.14. The zero-order valence-electron chi connectivity index (χ0n) is 15.8. The third kappa shape index (κ3) is 4.15. The molecule has 0 atom stereocenters. The SMILES string of the molecule is COCCN1C(=O)C(SCc2ccccc2)=C(c2ccc(C)cc2C)C1=O. The highest BCUT2D eigenvalue weighted by molar-refractivity contribution is 8.03. The number of benzene rings is 2. The van der Waals surface area contributed by atoms with Crippen molar-refractivity contribution in [3.8, 4) is 0 Å². The summed E-state index contributed by atoms with van der Waals surface area (Å²) in [6.45, 7) is 4.58. The van der Waals surface area contributed by atoms with Crippen molar-refractivity contribution in [3.63, 3.8) is 0 Å². The minimum absolute atomic E-state index is 0.229. The number of carbonyl (C=O) groups is 2. The fourth-order valence-corrected chi connectivity index (χ4v) is 4.21. The smallest absolute Gasteiger partial charge is 0.268 e. The predicted octanol–water partition coefficient (Wildman–Crippen LogP) is 3.96. The van der Waals surface area contributed by atoms with Crippen LogP contribution in [-0.4, -0.2) is 37.0 Å². The van der Waals surface area contributed by atoms with Crippen LogP contribution in [0.25, 0.3) is 5.57 Å². The van der Waals surface area contributed by atoms with Crippen LogP contribution in [0.2, 0.25) is 0 Å². The van der Waals surface area contributed by atoms with E-state index in [0.29, 0.717) is 22.8 Å². The third-order valence-corrected chi connectivity index (χ3v) is 5.67. The van der Waals surface area contributed by atoms with Gasteiger partial charge in [0.15, 0.2) is 0 Å². The van der Waals surface area contributed by atoms with Crippen molar-refractivity contribution in [2.45, 2.75) is 19.6 Å². The van der Waals surface area contributed by atoms with E-state index in [1.54, 1.807) is 7.11 Å². The molecule has 0 radical (unpaired) electrons. The summed E-state index contributed by atoms with van der Waals surface area (Å²) in [6, 6.07) is 15.9. The first kappa shape index (κ1) is 19.4. The van der Waals surface area contributed by atoms with Gasteiger partial charge in [-0.3, -0.25) is 14.5 Å². The van der Waals surface area contributed by atoms with E-state index in [1.807, 2.05) is 62.4 Å². The van der Waals surface area contributed by atoms with E-state index in [2.05, 4.69) is 0 Å². The van der Waals surface area contributed by atoms with E-state index >= 15 is 0 Å². The monoisotopic (exact) mass is 381 g/mol. The summed E-state index contributed by atoms with van der Waals surface area (Å²) < 4.78 is 5.07. The van der Waals surface area contributed by atoms with Crippen molar-refractivity contribution < 1.29 is 14.3 Å². The fraction of sp³-hybridized carbons (Fsp3) is 0.273. The van der Waals surface area contributed by atoms with Gasteiger partial charge in [0, 0.05) is 12.9 Å². The van der Waals surface area contributed by atoms with Gasteiger partial charge < -0.3 is 4.74 Å². The van der Waals surface area contributed by atoms with Crippen molar-refractivity contribution in [3.05, 3.63) is 75.7 Å². The Kier molecular flexibility index (Phi) is 6.14. The molecule has 0 N–H and O–H groups in total. The average molecular weight is 381 g/mol. The normalized spacial score (nSPS) is 14.4. The summed E-state index contributed by atoms with van der Waals surface area (Å²) in [6.07, 6.45) is 0. The third-order valence-electron chi connectivity index (χ3n) is 4.52. The molecule has 1 aliphatic rings. The molecule has 0 unspecified atom stereocenters. The number of methoxy groups -OCH3 is 1. The number of hydrogen-bond donors (Lipinski definition) is 0. The van der Waals surface area contributed by atoms with Gasteiger partial charge in [0.25, 0.3) is 11.8 Å². The number of aryl methyl sites for hydroxylation is 2. The molecule has 2 amide bonds. The van der Waals surface area contributed by atoms with Crippen LogP contribution in [0.4, 0.5) is 0 Å². The molecule has 1 aliphatic heterocycles. The van der Waals surface area contributed by atoms with Crippen molar-refractivity contribution in [1.82, 2.24) is 4.90 Å². The Morgan fingerprint density at radius 1 is 1.00 bits per heavy atom. The van der Waals surface area contributed by atoms with Crippen molar-refractivity contribution in [1.29, 1.82) is 0 Å². The van der Waals surface area contributed by atoms with Crippen LogP contribution >= 0.6 is 11.8 Å². The molecule has 4 nitrogen and oxygen atoms in total. The van der Waals surface area contributed by atoms with E-state index < -0.39 is 0 Å². The van der Waals surface area contributed by atoms with Crippen LogP contribution in [-0.2, 0) is 20.1 Å². The highest BCUT2D eigenvalue weighted by atomic mass is 32.2. The summed E-state index contributed by atoms with van der Waals surface area (Å²) in [4.78, 5) is 27.9. The quantitative estimate of drug-likeness (QED) is 0.681. The molecule has 0 bridgehead atoms. The second-order valence-electron chi connectivity index (χ2n) is 6.55. The second-order valence-corrected chi connectivity index (χ2v) is 7.54. The molecule has 0 saturated carbocycles. The largest absolute Gasteiger partial charge is 0.383 e. The molecule has 0 spiro atoms. The molecule has 3 rings (SSSR count). The molecule has 2 aromatic rings. The van der Waals surface area contributed by atoms with Gasteiger partial charge >= 0.3 is 0 Å². The Morgan fingerprint density at radius 2 is 1.74 bits per heavy atom. The van der Waals surface area contributed by atoms with Crippen LogP contribution < -0.4 is 0 Å². The van der Waals surface area contributed by atoms with Gasteiger partial charge in [0.1, 0.15) is 0 Å². The van der Waals surface area contributed by atoms with E-state index in [9.17, 15) is 9.59 Å². The Hall–Kier alpha value is -2.37. The maximum atomic E-state index is 13.1. The first-order chi connectivity index (χ1) is 13.0. The summed E-state index contributed by atoms with van der Waals surface area (Å²) >= 11 is 1.43. The minimum Gasteiger partial charge on any atom is -0.383 e. The van der Waals surface area contributed by atoms with Crippen LogP contribution in [0.3, 0.4) is 0 Å². The van der Waals surface area contributed by atoms with E-state index in [4.69, 9.17) is 4.74 Å². The van der Waals surface area contributed by atoms with Crippen LogP contribution in [0.5, 0.6) is 0 Å². The van der Waals surface area contributed by atoms with E-state index in [0.717, 1.165) is 22.3 Å². The molecule has 27 heavy (non-hydrogen) atoms. The Labute approximate surface area is 164 Å². The molecule has 0 aromatic heterocycles. The van der Waals surface area contributed by atoms with E-state index in [1.165, 1.54) is 16.7 Å². The zero-order valence-corrected chi connectivity index (χ0v) is 16.6. The molecule has 0 fully saturated rings. The van der Waals surface area contributed by atoms with Crippen molar-refractivity contribution in [2.75, 3.05) is 20.3 Å². The molecular weight excluding hydrogens is 358 g/mol. The van der Waals surface area contributed by atoms with Crippen molar-refractivity contribution in [2.24, 2.45) is 0 Å². The molecule has 0 aliphatic carbocycles. The lowest BCUT2D eigenvalue weighted by atomic mass is 9.99. The van der Waals surface area contributed by atoms with Gasteiger partial charge in [-0.25, -0.2) is 0 Å². The number of imide groups is 1. The first-order valence-corrected chi connectivity index (χ1v) is 9.85. The number of thioether (sulfide) groups is 1. The molecular formula is C22H23NO3S. The number of ether oxygens (including phenoxy) is 1. The second kappa shape index (κ2) is 8.55. The highest BCUT2D eigenvalue weighted by Crippen LogP contribution is 2.38. The number of rotatable bonds is 7. The van der Waals surface area contributed by atoms with Crippen LogP contribution in [0.1, 0.15) is 22.3 Å². The summed E-state index contributed by atoms with van der Waals surface area (Å²) in [5, 5.41) is 0. The van der Waals surface area contributed by atoms with Gasteiger partial charge in [-0.15, -0.1) is 11.8 Å². The number of carbonyl (C=O) groups excluding carboxylic acids is 2. The van der Waals surface area contributed by atoms with Crippen LogP contribution in [0, 0.1) is 13.8 Å². The number of amides is 2. The zero-order chi connectivity index (χ0) is 19.4. The Balaban J connectivity index is 1.98. The Morgan fingerprint density at radius 3 is 2.41 bits per heavy atom. The standard InChI is InChI=1S/C22H23NO3S/c1-15-9-10-18(16(2)13-15)19-20(27-14-17-7-5-4-6-8-17)22(25)23(21(19)24)11-12-26-3/h4-10,13H,11-12,14H2,1-3H3. The van der Waals surface area contributed by atoms with E-state index in [-0.39, 0.29) is 18.4 Å². The lowest BCUT2D eigenvalue weighted by molar-refractivity contribution is -0.137. The highest BCUT2D eigenvalue weighted by Gasteiger charge is 2.39. The summed E-state index contributed by atoms with van der Waals surface area (Å²) in [7, 11) is 1.56. The molecule has 1 heterocycles. The Bertz CT molecular complexity index is 890. The molecule has 0 saturated heterocycles. The van der Waals surface area contributed by atoms with Gasteiger partial charge in [0.2, 0.25) is 0 Å². The maximum absolute atomic E-state index is 13.1. The van der Waals surface area contributed by atoms with Gasteiger partial charge in [-0.1, -0.05) is 54.1 Å². The van der Waals surface area contributed by atoms with Gasteiger partial charge in [-0.2, -0.15) is 0 Å². The summed E-state index contributed by atoms with van der Waals surface area (Å²) in [5.74, 6) is 0.175. The summed E-state index contributed by atoms with van der Waals surface area (Å²) in [5.41, 5.74) is 4.58. The van der Waals surface area contributed by atoms with Crippen LogP contribution in [0.15, 0.2) is 53.4 Å². The maximum Gasteiger partial charge on any atom is 0.268 e. The topological polar surface area (TPSA) is 46.6 Å². The average Bonchev–Trinajstić information content (AvgIpc) is 2.89. The van der Waals surface area contributed by atoms with Crippen molar-refractivity contribution >= 4 is 29.1 Å². The lowest BCUT2D eigenvalue weighted by Crippen LogP contribution is -2.34. The fourth-order valence-electron chi connectivity index (χ4n) is 3.13.